The predicted octanol–water partition coefficient (Wildman–Crippen LogP) is 1.52. The number of nitrogens with zero attached hydrogens (tertiary/aromatic N) is 1. The maximum Gasteiger partial charge on any atom is 0.406 e. The van der Waals surface area contributed by atoms with E-state index in [0.717, 1.165) is 17.7 Å². The zero-order chi connectivity index (χ0) is 12.5. The SMILES string of the molecule is CC(N)C(=O)N(CC(F)(F)F)C(C)C1CC1. The normalized spacial score (nSPS) is 20.4. The van der Waals surface area contributed by atoms with E-state index in [1.54, 1.807) is 6.92 Å². The smallest absolute Gasteiger partial charge is 0.329 e. The Morgan fingerprint density at radius 3 is 2.25 bits per heavy atom. The number of carbonyl (C=O) groups is 1. The van der Waals surface area contributed by atoms with Crippen molar-refractivity contribution in [3.8, 4) is 0 Å². The Kier molecular flexibility index (Phi) is 3.83. The van der Waals surface area contributed by atoms with Gasteiger partial charge in [-0.15, -0.1) is 0 Å². The van der Waals surface area contributed by atoms with Gasteiger partial charge in [0.25, 0.3) is 0 Å². The minimum absolute atomic E-state index is 0.199. The summed E-state index contributed by atoms with van der Waals surface area (Å²) in [5.74, 6) is -0.429. The van der Waals surface area contributed by atoms with Gasteiger partial charge in [-0.1, -0.05) is 0 Å². The van der Waals surface area contributed by atoms with Crippen LogP contribution in [0.4, 0.5) is 13.2 Å². The second-order valence-electron chi connectivity index (χ2n) is 4.45. The highest BCUT2D eigenvalue weighted by Gasteiger charge is 2.40. The third-order valence-corrected chi connectivity index (χ3v) is 2.82. The molecule has 1 fully saturated rings. The first-order chi connectivity index (χ1) is 7.22. The number of nitrogens with two attached hydrogens (primary N) is 1. The molecule has 0 bridgehead atoms. The summed E-state index contributed by atoms with van der Waals surface area (Å²) in [6.07, 6.45) is -2.59. The first-order valence-electron chi connectivity index (χ1n) is 5.35. The van der Waals surface area contributed by atoms with Gasteiger partial charge in [-0.3, -0.25) is 4.79 Å². The molecule has 0 aromatic heterocycles. The number of carbonyl (C=O) groups excluding carboxylic acids is 1. The van der Waals surface area contributed by atoms with Crippen LogP contribution in [0.15, 0.2) is 0 Å². The van der Waals surface area contributed by atoms with Crippen molar-refractivity contribution in [3.05, 3.63) is 0 Å². The lowest BCUT2D eigenvalue weighted by Gasteiger charge is -2.31. The van der Waals surface area contributed by atoms with E-state index in [0.29, 0.717) is 0 Å². The standard InChI is InChI=1S/C10H17F3N2O/c1-6(14)9(16)15(5-10(11,12)13)7(2)8-3-4-8/h6-8H,3-5,14H2,1-2H3. The van der Waals surface area contributed by atoms with Crippen LogP contribution in [-0.2, 0) is 4.79 Å². The second kappa shape index (κ2) is 4.61. The average Bonchev–Trinajstić information content (AvgIpc) is 2.93. The van der Waals surface area contributed by atoms with Crippen molar-refractivity contribution in [2.75, 3.05) is 6.54 Å². The summed E-state index contributed by atoms with van der Waals surface area (Å²) in [7, 11) is 0. The Labute approximate surface area is 92.8 Å². The van der Waals surface area contributed by atoms with E-state index in [1.165, 1.54) is 6.92 Å². The maximum atomic E-state index is 12.3. The highest BCUT2D eigenvalue weighted by molar-refractivity contribution is 5.81. The van der Waals surface area contributed by atoms with E-state index in [2.05, 4.69) is 0 Å². The molecule has 1 rings (SSSR count). The molecule has 0 saturated heterocycles. The summed E-state index contributed by atoms with van der Waals surface area (Å²) < 4.78 is 37.0. The molecule has 1 aliphatic rings. The number of amides is 1. The van der Waals surface area contributed by atoms with Crippen molar-refractivity contribution in [1.29, 1.82) is 0 Å². The third-order valence-electron chi connectivity index (χ3n) is 2.82. The molecule has 16 heavy (non-hydrogen) atoms. The summed E-state index contributed by atoms with van der Waals surface area (Å²) in [4.78, 5) is 12.5. The van der Waals surface area contributed by atoms with Crippen molar-refractivity contribution in [2.24, 2.45) is 11.7 Å². The van der Waals surface area contributed by atoms with Crippen molar-refractivity contribution in [3.63, 3.8) is 0 Å². The molecule has 6 heteroatoms. The molecule has 1 aliphatic carbocycles. The van der Waals surface area contributed by atoms with Crippen LogP contribution < -0.4 is 5.73 Å². The van der Waals surface area contributed by atoms with Crippen molar-refractivity contribution in [2.45, 2.75) is 44.9 Å². The summed E-state index contributed by atoms with van der Waals surface area (Å²) >= 11 is 0. The number of halogens is 3. The fourth-order valence-electron chi connectivity index (χ4n) is 1.71. The molecule has 0 aliphatic heterocycles. The van der Waals surface area contributed by atoms with Gasteiger partial charge in [-0.05, 0) is 32.6 Å². The van der Waals surface area contributed by atoms with Gasteiger partial charge >= 0.3 is 6.18 Å². The zero-order valence-electron chi connectivity index (χ0n) is 9.42. The lowest BCUT2D eigenvalue weighted by molar-refractivity contribution is -0.166. The maximum absolute atomic E-state index is 12.3. The van der Waals surface area contributed by atoms with Crippen LogP contribution in [0.2, 0.25) is 0 Å². The summed E-state index contributed by atoms with van der Waals surface area (Å²) in [5.41, 5.74) is 5.36. The molecule has 3 nitrogen and oxygen atoms in total. The van der Waals surface area contributed by atoms with Gasteiger partial charge in [0.2, 0.25) is 5.91 Å². The highest BCUT2D eigenvalue weighted by atomic mass is 19.4. The van der Waals surface area contributed by atoms with Crippen molar-refractivity contribution < 1.29 is 18.0 Å². The van der Waals surface area contributed by atoms with E-state index < -0.39 is 24.7 Å². The van der Waals surface area contributed by atoms with Gasteiger partial charge in [0, 0.05) is 6.04 Å². The summed E-state index contributed by atoms with van der Waals surface area (Å²) in [6.45, 7) is 1.86. The van der Waals surface area contributed by atoms with Crippen LogP contribution in [-0.4, -0.2) is 35.6 Å². The van der Waals surface area contributed by atoms with Crippen LogP contribution in [0.1, 0.15) is 26.7 Å². The van der Waals surface area contributed by atoms with Gasteiger partial charge < -0.3 is 10.6 Å². The molecule has 0 aromatic carbocycles. The van der Waals surface area contributed by atoms with Crippen LogP contribution in [0, 0.1) is 5.92 Å². The topological polar surface area (TPSA) is 46.3 Å². The molecule has 2 atom stereocenters. The fourth-order valence-corrected chi connectivity index (χ4v) is 1.71. The Hall–Kier alpha value is -0.780. The predicted molar refractivity (Wildman–Crippen MR) is 53.6 cm³/mol. The molecule has 2 unspecified atom stereocenters. The molecule has 2 N–H and O–H groups in total. The third kappa shape index (κ3) is 3.66. The van der Waals surface area contributed by atoms with E-state index in [1.807, 2.05) is 0 Å². The van der Waals surface area contributed by atoms with Crippen LogP contribution in [0.3, 0.4) is 0 Å². The molecule has 1 saturated carbocycles. The van der Waals surface area contributed by atoms with Gasteiger partial charge in [0.05, 0.1) is 6.04 Å². The Morgan fingerprint density at radius 1 is 1.44 bits per heavy atom. The van der Waals surface area contributed by atoms with E-state index >= 15 is 0 Å². The molecular formula is C10H17F3N2O. The molecular weight excluding hydrogens is 221 g/mol. The molecule has 1 amide bonds. The van der Waals surface area contributed by atoms with Gasteiger partial charge in [0.15, 0.2) is 0 Å². The zero-order valence-corrected chi connectivity index (χ0v) is 9.42. The lowest BCUT2D eigenvalue weighted by atomic mass is 10.1. The van der Waals surface area contributed by atoms with Crippen molar-refractivity contribution in [1.82, 2.24) is 4.90 Å². The quantitative estimate of drug-likeness (QED) is 0.807. The number of alkyl halides is 3. The average molecular weight is 238 g/mol. The first-order valence-corrected chi connectivity index (χ1v) is 5.35. The number of rotatable bonds is 4. The van der Waals surface area contributed by atoms with Crippen molar-refractivity contribution >= 4 is 5.91 Å². The van der Waals surface area contributed by atoms with Gasteiger partial charge in [-0.2, -0.15) is 13.2 Å². The molecule has 0 aromatic rings. The Balaban J connectivity index is 2.71. The van der Waals surface area contributed by atoms with E-state index in [4.69, 9.17) is 5.73 Å². The Bertz CT molecular complexity index is 261. The number of hydrogen-bond donors (Lipinski definition) is 1. The summed E-state index contributed by atoms with van der Waals surface area (Å²) in [5, 5.41) is 0. The van der Waals surface area contributed by atoms with Crippen LogP contribution in [0.5, 0.6) is 0 Å². The fraction of sp³-hybridized carbons (Fsp3) is 0.900. The Morgan fingerprint density at radius 2 is 1.94 bits per heavy atom. The van der Waals surface area contributed by atoms with E-state index in [-0.39, 0.29) is 12.0 Å². The number of hydrogen-bond acceptors (Lipinski definition) is 2. The van der Waals surface area contributed by atoms with Crippen LogP contribution >= 0.6 is 0 Å². The monoisotopic (exact) mass is 238 g/mol. The lowest BCUT2D eigenvalue weighted by Crippen LogP contribution is -2.50. The first kappa shape index (κ1) is 13.3. The van der Waals surface area contributed by atoms with Gasteiger partial charge in [-0.25, -0.2) is 0 Å². The molecule has 0 heterocycles. The molecule has 0 spiro atoms. The van der Waals surface area contributed by atoms with Crippen LogP contribution in [0.25, 0.3) is 0 Å². The minimum atomic E-state index is -4.37. The second-order valence-corrected chi connectivity index (χ2v) is 4.45. The largest absolute Gasteiger partial charge is 0.406 e. The van der Waals surface area contributed by atoms with Gasteiger partial charge in [0.1, 0.15) is 6.54 Å². The van der Waals surface area contributed by atoms with E-state index in [9.17, 15) is 18.0 Å². The highest BCUT2D eigenvalue weighted by Crippen LogP contribution is 2.36. The molecule has 0 radical (unpaired) electrons. The minimum Gasteiger partial charge on any atom is -0.329 e. The molecule has 94 valence electrons. The summed E-state index contributed by atoms with van der Waals surface area (Å²) in [6, 6.07) is -1.26.